The quantitative estimate of drug-likeness (QED) is 0.297. The topological polar surface area (TPSA) is 62.5 Å². The van der Waals surface area contributed by atoms with E-state index in [1.807, 2.05) is 24.4 Å². The molecule has 3 rings (SSSR count). The van der Waals surface area contributed by atoms with Gasteiger partial charge < -0.3 is 15.1 Å². The average molecular weight is 488 g/mol. The van der Waals surface area contributed by atoms with Gasteiger partial charge in [-0.2, -0.15) is 0 Å². The Morgan fingerprint density at radius 3 is 2.88 bits per heavy atom. The van der Waals surface area contributed by atoms with E-state index < -0.39 is 0 Å². The van der Waals surface area contributed by atoms with Crippen molar-refractivity contribution in [3.05, 3.63) is 62.6 Å². The van der Waals surface area contributed by atoms with Crippen molar-refractivity contribution in [3.63, 3.8) is 0 Å². The van der Waals surface area contributed by atoms with Gasteiger partial charge in [-0.05, 0) is 30.5 Å². The fraction of sp³-hybridized carbons (Fsp3) is 0.294. The van der Waals surface area contributed by atoms with Gasteiger partial charge in [0, 0.05) is 28.9 Å². The van der Waals surface area contributed by atoms with Crippen molar-refractivity contribution in [2.24, 2.45) is 4.99 Å². The fourth-order valence-electron chi connectivity index (χ4n) is 2.14. The van der Waals surface area contributed by atoms with Gasteiger partial charge >= 0.3 is 0 Å². The molecule has 0 spiro atoms. The minimum atomic E-state index is 0. The molecule has 0 unspecified atom stereocenters. The van der Waals surface area contributed by atoms with Crippen molar-refractivity contribution in [3.8, 4) is 0 Å². The van der Waals surface area contributed by atoms with E-state index in [9.17, 15) is 0 Å². The lowest BCUT2D eigenvalue weighted by atomic mass is 10.3. The molecule has 134 valence electrons. The van der Waals surface area contributed by atoms with E-state index in [4.69, 9.17) is 4.42 Å². The Hall–Kier alpha value is -1.39. The first-order valence-electron chi connectivity index (χ1n) is 7.78. The Morgan fingerprint density at radius 1 is 1.28 bits per heavy atom. The fourth-order valence-corrected chi connectivity index (χ4v) is 3.49. The van der Waals surface area contributed by atoms with Gasteiger partial charge in [0.15, 0.2) is 5.96 Å². The highest BCUT2D eigenvalue weighted by molar-refractivity contribution is 14.0. The van der Waals surface area contributed by atoms with E-state index in [0.717, 1.165) is 29.7 Å². The van der Waals surface area contributed by atoms with Gasteiger partial charge in [-0.25, -0.2) is 9.98 Å². The summed E-state index contributed by atoms with van der Waals surface area (Å²) in [5.74, 6) is 1.76. The summed E-state index contributed by atoms with van der Waals surface area (Å²) >= 11 is 3.41. The van der Waals surface area contributed by atoms with Crippen molar-refractivity contribution >= 4 is 52.6 Å². The lowest BCUT2D eigenvalue weighted by molar-refractivity contribution is 0.506. The van der Waals surface area contributed by atoms with Gasteiger partial charge in [-0.3, -0.25) is 0 Å². The maximum atomic E-state index is 5.36. The van der Waals surface area contributed by atoms with Crippen LogP contribution in [0, 0.1) is 6.92 Å². The molecule has 0 aliphatic carbocycles. The summed E-state index contributed by atoms with van der Waals surface area (Å²) in [5.41, 5.74) is 0. The number of aliphatic imine (C=N–C) groups is 1. The molecule has 5 nitrogen and oxygen atoms in total. The van der Waals surface area contributed by atoms with Crippen LogP contribution in [-0.2, 0) is 19.5 Å². The molecule has 0 amide bonds. The van der Waals surface area contributed by atoms with Gasteiger partial charge in [0.1, 0.15) is 10.8 Å². The number of aromatic nitrogens is 1. The van der Waals surface area contributed by atoms with Crippen LogP contribution in [0.15, 0.2) is 51.5 Å². The molecule has 25 heavy (non-hydrogen) atoms. The van der Waals surface area contributed by atoms with E-state index in [1.165, 1.54) is 9.75 Å². The van der Waals surface area contributed by atoms with Crippen LogP contribution in [0.4, 0.5) is 0 Å². The third-order valence-corrected chi connectivity index (χ3v) is 5.07. The summed E-state index contributed by atoms with van der Waals surface area (Å²) in [5, 5.41) is 9.84. The number of hydrogen-bond acceptors (Lipinski definition) is 5. The molecule has 0 saturated heterocycles. The van der Waals surface area contributed by atoms with Crippen molar-refractivity contribution in [1.82, 2.24) is 15.6 Å². The molecule has 8 heteroatoms. The van der Waals surface area contributed by atoms with Gasteiger partial charge in [0.25, 0.3) is 0 Å². The third kappa shape index (κ3) is 6.79. The zero-order valence-electron chi connectivity index (χ0n) is 13.9. The highest BCUT2D eigenvalue weighted by atomic mass is 127. The summed E-state index contributed by atoms with van der Waals surface area (Å²) < 4.78 is 5.36. The molecule has 0 saturated carbocycles. The lowest BCUT2D eigenvalue weighted by Gasteiger charge is -2.11. The standard InChI is InChI=1S/C17H20N4OS2.HI/c1-13-10-19-16(24-13)12-21-17(20-11-15-5-3-9-23-15)18-7-6-14-4-2-8-22-14;/h2-5,8-10H,6-7,11-12H2,1H3,(H2,18,20,21);1H. The first-order chi connectivity index (χ1) is 11.8. The molecule has 3 heterocycles. The maximum Gasteiger partial charge on any atom is 0.191 e. The summed E-state index contributed by atoms with van der Waals surface area (Å²) in [6, 6.07) is 8.03. The molecule has 0 atom stereocenters. The van der Waals surface area contributed by atoms with Crippen LogP contribution in [0.5, 0.6) is 0 Å². The van der Waals surface area contributed by atoms with E-state index in [1.54, 1.807) is 28.9 Å². The van der Waals surface area contributed by atoms with Crippen molar-refractivity contribution in [1.29, 1.82) is 0 Å². The van der Waals surface area contributed by atoms with Crippen molar-refractivity contribution < 1.29 is 4.42 Å². The molecule has 2 N–H and O–H groups in total. The number of rotatable bonds is 7. The molecular formula is C17H21IN4OS2. The van der Waals surface area contributed by atoms with Crippen molar-refractivity contribution in [2.45, 2.75) is 26.4 Å². The minimum Gasteiger partial charge on any atom is -0.469 e. The van der Waals surface area contributed by atoms with Crippen LogP contribution in [0.1, 0.15) is 20.5 Å². The average Bonchev–Trinajstić information content (AvgIpc) is 3.32. The summed E-state index contributed by atoms with van der Waals surface area (Å²) in [4.78, 5) is 11.5. The monoisotopic (exact) mass is 488 g/mol. The molecule has 0 aliphatic heterocycles. The number of halogens is 1. The summed E-state index contributed by atoms with van der Waals surface area (Å²) in [6.45, 7) is 4.18. The normalized spacial score (nSPS) is 11.2. The molecular weight excluding hydrogens is 467 g/mol. The Kier molecular flexibility index (Phi) is 8.42. The SMILES string of the molecule is Cc1cnc(CNC(=NCc2cccs2)NCCc2ccco2)s1.I. The van der Waals surface area contributed by atoms with Crippen LogP contribution < -0.4 is 10.6 Å². The number of furan rings is 1. The second-order valence-electron chi connectivity index (χ2n) is 5.22. The smallest absolute Gasteiger partial charge is 0.191 e. The zero-order valence-corrected chi connectivity index (χ0v) is 17.9. The van der Waals surface area contributed by atoms with E-state index in [-0.39, 0.29) is 24.0 Å². The summed E-state index contributed by atoms with van der Waals surface area (Å²) in [7, 11) is 0. The number of thiophene rings is 1. The first kappa shape index (κ1) is 19.9. The van der Waals surface area contributed by atoms with Crippen LogP contribution in [0.2, 0.25) is 0 Å². The largest absolute Gasteiger partial charge is 0.469 e. The van der Waals surface area contributed by atoms with Crippen LogP contribution in [0.3, 0.4) is 0 Å². The van der Waals surface area contributed by atoms with Gasteiger partial charge in [0.05, 0.1) is 19.4 Å². The molecule has 0 aromatic carbocycles. The molecule has 0 bridgehead atoms. The maximum absolute atomic E-state index is 5.36. The predicted octanol–water partition coefficient (Wildman–Crippen LogP) is 4.20. The van der Waals surface area contributed by atoms with Gasteiger partial charge in [0.2, 0.25) is 0 Å². The number of aryl methyl sites for hydroxylation is 1. The molecule has 3 aromatic rings. The number of thiazole rings is 1. The second kappa shape index (κ2) is 10.6. The molecule has 0 aliphatic rings. The van der Waals surface area contributed by atoms with Gasteiger partial charge in [-0.15, -0.1) is 46.7 Å². The van der Waals surface area contributed by atoms with Crippen LogP contribution in [-0.4, -0.2) is 17.5 Å². The van der Waals surface area contributed by atoms with E-state index in [0.29, 0.717) is 13.1 Å². The third-order valence-electron chi connectivity index (χ3n) is 3.29. The Morgan fingerprint density at radius 2 is 2.20 bits per heavy atom. The van der Waals surface area contributed by atoms with Crippen molar-refractivity contribution in [2.75, 3.05) is 6.54 Å². The number of guanidine groups is 1. The van der Waals surface area contributed by atoms with Crippen LogP contribution in [0.25, 0.3) is 0 Å². The predicted molar refractivity (Wildman–Crippen MR) is 115 cm³/mol. The minimum absolute atomic E-state index is 0. The van der Waals surface area contributed by atoms with E-state index >= 15 is 0 Å². The number of nitrogens with one attached hydrogen (secondary N) is 2. The molecule has 3 aromatic heterocycles. The zero-order chi connectivity index (χ0) is 16.6. The molecule has 0 fully saturated rings. The van der Waals surface area contributed by atoms with Gasteiger partial charge in [-0.1, -0.05) is 6.07 Å². The number of nitrogens with zero attached hydrogens (tertiary/aromatic N) is 2. The second-order valence-corrected chi connectivity index (χ2v) is 7.57. The number of hydrogen-bond donors (Lipinski definition) is 2. The molecule has 0 radical (unpaired) electrons. The summed E-state index contributed by atoms with van der Waals surface area (Å²) in [6.07, 6.45) is 4.42. The highest BCUT2D eigenvalue weighted by Gasteiger charge is 2.03. The van der Waals surface area contributed by atoms with E-state index in [2.05, 4.69) is 39.0 Å². The first-order valence-corrected chi connectivity index (χ1v) is 9.47. The Labute approximate surface area is 172 Å². The lowest BCUT2D eigenvalue weighted by Crippen LogP contribution is -2.38. The van der Waals surface area contributed by atoms with Crippen LogP contribution >= 0.6 is 46.7 Å². The Bertz CT molecular complexity index is 754. The highest BCUT2D eigenvalue weighted by Crippen LogP contribution is 2.11. The Balaban J connectivity index is 0.00000225.